The van der Waals surface area contributed by atoms with E-state index in [1.807, 2.05) is 17.8 Å². The van der Waals surface area contributed by atoms with E-state index in [1.165, 1.54) is 0 Å². The Labute approximate surface area is 199 Å². The van der Waals surface area contributed by atoms with Crippen LogP contribution in [0.25, 0.3) is 0 Å². The lowest BCUT2D eigenvalue weighted by Gasteiger charge is -2.36. The van der Waals surface area contributed by atoms with E-state index in [2.05, 4.69) is 55.6 Å². The molecule has 0 bridgehead atoms. The van der Waals surface area contributed by atoms with Gasteiger partial charge in [0.2, 0.25) is 0 Å². The fourth-order valence-corrected chi connectivity index (χ4v) is 4.53. The molecule has 0 amide bonds. The fourth-order valence-electron chi connectivity index (χ4n) is 3.83. The number of aromatic nitrogens is 2. The third kappa shape index (κ3) is 5.73. The number of piperazine rings is 1. The highest BCUT2D eigenvalue weighted by Gasteiger charge is 2.23. The Kier molecular flexibility index (Phi) is 8.12. The number of pyridine rings is 1. The molecule has 2 saturated heterocycles. The molecule has 8 nitrogen and oxygen atoms in total. The number of hydrogen-bond donors (Lipinski definition) is 1. The highest BCUT2D eigenvalue weighted by Crippen LogP contribution is 2.20. The van der Waals surface area contributed by atoms with Gasteiger partial charge in [-0.25, -0.2) is 15.0 Å². The smallest absolute Gasteiger partial charge is 0.191 e. The number of morpholine rings is 1. The van der Waals surface area contributed by atoms with Gasteiger partial charge >= 0.3 is 0 Å². The highest BCUT2D eigenvalue weighted by molar-refractivity contribution is 14.0. The zero-order chi connectivity index (χ0) is 20.2. The topological polar surface area (TPSA) is 83.1 Å². The first-order valence-corrected chi connectivity index (χ1v) is 11.0. The first-order valence-electron chi connectivity index (χ1n) is 10.1. The van der Waals surface area contributed by atoms with Gasteiger partial charge in [-0.15, -0.1) is 35.3 Å². The van der Waals surface area contributed by atoms with Crippen LogP contribution in [0.4, 0.5) is 10.9 Å². The lowest BCUT2D eigenvalue weighted by molar-refractivity contribution is -0.00545. The Bertz CT molecular complexity index is 799. The van der Waals surface area contributed by atoms with Gasteiger partial charge in [0.05, 0.1) is 18.8 Å². The van der Waals surface area contributed by atoms with Crippen LogP contribution in [-0.2, 0) is 11.3 Å². The van der Waals surface area contributed by atoms with Crippen molar-refractivity contribution in [3.63, 3.8) is 0 Å². The van der Waals surface area contributed by atoms with Crippen molar-refractivity contribution in [3.8, 4) is 0 Å². The number of rotatable bonds is 4. The molecule has 4 heterocycles. The highest BCUT2D eigenvalue weighted by atomic mass is 127. The third-order valence-electron chi connectivity index (χ3n) is 5.27. The van der Waals surface area contributed by atoms with Gasteiger partial charge in [-0.2, -0.15) is 0 Å². The molecular formula is C20H30IN7OS. The van der Waals surface area contributed by atoms with Gasteiger partial charge in [0.25, 0.3) is 0 Å². The van der Waals surface area contributed by atoms with Crippen LogP contribution in [0.5, 0.6) is 0 Å². The first-order chi connectivity index (χ1) is 14.1. The summed E-state index contributed by atoms with van der Waals surface area (Å²) in [5.41, 5.74) is 7.30. The molecule has 0 aliphatic carbocycles. The van der Waals surface area contributed by atoms with E-state index in [1.54, 1.807) is 11.3 Å². The van der Waals surface area contributed by atoms with Crippen molar-refractivity contribution in [2.75, 3.05) is 49.1 Å². The van der Waals surface area contributed by atoms with Gasteiger partial charge in [0.15, 0.2) is 11.1 Å². The van der Waals surface area contributed by atoms with E-state index in [-0.39, 0.29) is 36.2 Å². The van der Waals surface area contributed by atoms with Crippen LogP contribution >= 0.6 is 35.3 Å². The van der Waals surface area contributed by atoms with Crippen molar-refractivity contribution in [1.82, 2.24) is 14.9 Å². The molecule has 2 aliphatic rings. The average molecular weight is 543 g/mol. The third-order valence-corrected chi connectivity index (χ3v) is 6.10. The molecule has 0 saturated carbocycles. The van der Waals surface area contributed by atoms with Gasteiger partial charge in [-0.3, -0.25) is 0 Å². The van der Waals surface area contributed by atoms with E-state index in [0.29, 0.717) is 12.5 Å². The lowest BCUT2D eigenvalue weighted by atomic mass is 10.2. The fraction of sp³-hybridized carbons (Fsp3) is 0.550. The number of nitrogens with zero attached hydrogens (tertiary/aromatic N) is 6. The van der Waals surface area contributed by atoms with Crippen molar-refractivity contribution >= 4 is 52.2 Å². The van der Waals surface area contributed by atoms with Crippen LogP contribution in [-0.4, -0.2) is 72.3 Å². The molecule has 2 aromatic rings. The molecule has 0 aromatic carbocycles. The zero-order valence-corrected chi connectivity index (χ0v) is 20.6. The van der Waals surface area contributed by atoms with E-state index >= 15 is 0 Å². The van der Waals surface area contributed by atoms with Crippen molar-refractivity contribution < 1.29 is 4.74 Å². The number of anilines is 2. The zero-order valence-electron chi connectivity index (χ0n) is 17.5. The largest absolute Gasteiger partial charge is 0.372 e. The molecule has 2 aliphatic heterocycles. The monoisotopic (exact) mass is 543 g/mol. The predicted octanol–water partition coefficient (Wildman–Crippen LogP) is 2.41. The molecule has 2 atom stereocenters. The van der Waals surface area contributed by atoms with Gasteiger partial charge in [0, 0.05) is 57.0 Å². The molecule has 4 rings (SSSR count). The Balaban J connectivity index is 0.00000256. The first kappa shape index (κ1) is 23.0. The standard InChI is InChI=1S/C20H29N7OS.HI/c1-15-13-27(14-16(2)28-15)18-4-3-17(11-23-18)12-24-19(21)25-6-8-26(9-7-25)20-22-5-10-29-20;/h3-5,10-11,15-16H,6-9,12-14H2,1-2H3,(H2,21,24);1H. The molecule has 2 fully saturated rings. The van der Waals surface area contributed by atoms with Crippen LogP contribution in [0.2, 0.25) is 0 Å². The van der Waals surface area contributed by atoms with E-state index < -0.39 is 0 Å². The van der Waals surface area contributed by atoms with Crippen molar-refractivity contribution in [2.24, 2.45) is 10.7 Å². The average Bonchev–Trinajstić information content (AvgIpc) is 3.27. The van der Waals surface area contributed by atoms with Gasteiger partial charge in [-0.05, 0) is 25.5 Å². The minimum Gasteiger partial charge on any atom is -0.372 e. The summed E-state index contributed by atoms with van der Waals surface area (Å²) in [6, 6.07) is 4.16. The van der Waals surface area contributed by atoms with Gasteiger partial charge < -0.3 is 25.2 Å². The second kappa shape index (κ2) is 10.6. The summed E-state index contributed by atoms with van der Waals surface area (Å²) in [5, 5.41) is 3.09. The molecule has 10 heteroatoms. The van der Waals surface area contributed by atoms with Crippen LogP contribution in [0.1, 0.15) is 19.4 Å². The van der Waals surface area contributed by atoms with Gasteiger partial charge in [-0.1, -0.05) is 6.07 Å². The Morgan fingerprint density at radius 3 is 2.47 bits per heavy atom. The summed E-state index contributed by atoms with van der Waals surface area (Å²) in [7, 11) is 0. The number of ether oxygens (including phenoxy) is 1. The molecule has 2 unspecified atom stereocenters. The van der Waals surface area contributed by atoms with Crippen molar-refractivity contribution in [2.45, 2.75) is 32.6 Å². The predicted molar refractivity (Wildman–Crippen MR) is 133 cm³/mol. The number of halogens is 1. The van der Waals surface area contributed by atoms with Crippen LogP contribution < -0.4 is 15.5 Å². The maximum Gasteiger partial charge on any atom is 0.191 e. The summed E-state index contributed by atoms with van der Waals surface area (Å²) < 4.78 is 5.80. The molecule has 164 valence electrons. The Morgan fingerprint density at radius 2 is 1.87 bits per heavy atom. The summed E-state index contributed by atoms with van der Waals surface area (Å²) in [4.78, 5) is 20.3. The minimum atomic E-state index is 0. The van der Waals surface area contributed by atoms with Gasteiger partial charge in [0.1, 0.15) is 5.82 Å². The molecule has 2 N–H and O–H groups in total. The maximum atomic E-state index is 6.24. The van der Waals surface area contributed by atoms with Crippen LogP contribution in [0.15, 0.2) is 34.9 Å². The summed E-state index contributed by atoms with van der Waals surface area (Å²) in [6.07, 6.45) is 4.19. The SMILES string of the molecule is CC1CN(c2ccc(CN=C(N)N3CCN(c4nccs4)CC3)cn2)CC(C)O1.I. The number of nitrogens with two attached hydrogens (primary N) is 1. The Morgan fingerprint density at radius 1 is 1.13 bits per heavy atom. The number of hydrogen-bond acceptors (Lipinski definition) is 7. The van der Waals surface area contributed by atoms with Crippen LogP contribution in [0.3, 0.4) is 0 Å². The Hall–Kier alpha value is -1.66. The quantitative estimate of drug-likeness (QED) is 0.360. The normalized spacial score (nSPS) is 22.7. The van der Waals surface area contributed by atoms with Crippen molar-refractivity contribution in [1.29, 1.82) is 0 Å². The lowest BCUT2D eigenvalue weighted by Crippen LogP contribution is -2.51. The summed E-state index contributed by atoms with van der Waals surface area (Å²) in [5.74, 6) is 1.59. The van der Waals surface area contributed by atoms with E-state index in [4.69, 9.17) is 10.5 Å². The molecular weight excluding hydrogens is 513 g/mol. The molecule has 30 heavy (non-hydrogen) atoms. The molecule has 0 spiro atoms. The number of aliphatic imine (C=N–C) groups is 1. The van der Waals surface area contributed by atoms with Crippen LogP contribution in [0, 0.1) is 0 Å². The number of guanidine groups is 1. The van der Waals surface area contributed by atoms with E-state index in [0.717, 1.165) is 55.8 Å². The minimum absolute atomic E-state index is 0. The van der Waals surface area contributed by atoms with Crippen molar-refractivity contribution in [3.05, 3.63) is 35.5 Å². The maximum absolute atomic E-state index is 6.24. The van der Waals surface area contributed by atoms with E-state index in [9.17, 15) is 0 Å². The number of thiazole rings is 1. The second-order valence-electron chi connectivity index (χ2n) is 7.65. The summed E-state index contributed by atoms with van der Waals surface area (Å²) >= 11 is 1.68. The second-order valence-corrected chi connectivity index (χ2v) is 8.52. The molecule has 0 radical (unpaired) electrons. The summed E-state index contributed by atoms with van der Waals surface area (Å²) in [6.45, 7) is 10.0. The molecule has 2 aromatic heterocycles.